The minimum absolute atomic E-state index is 0.0475. The zero-order chi connectivity index (χ0) is 58.5. The lowest BCUT2D eigenvalue weighted by molar-refractivity contribution is -0.101. The summed E-state index contributed by atoms with van der Waals surface area (Å²) >= 11 is 5.89. The number of benzene rings is 6. The molecule has 2 aliphatic heterocycles. The van der Waals surface area contributed by atoms with Crippen LogP contribution in [-0.2, 0) is 51.0 Å². The molecule has 0 bridgehead atoms. The molecule has 21 heteroatoms. The first-order valence-electron chi connectivity index (χ1n) is 26.7. The van der Waals surface area contributed by atoms with Gasteiger partial charge in [0.25, 0.3) is 11.1 Å². The molecule has 10 rings (SSSR count). The second kappa shape index (κ2) is 25.0. The number of hydrogen-bond donors (Lipinski definition) is 3. The lowest BCUT2D eigenvalue weighted by atomic mass is 9.79. The standard InChI is InChI=1S/C62H63N4O15PS/c1-39-35-65(59(69)63-57(39)67)55-33-51(80-62(42-15-11-8-12-16-42,45-21-29-49(74-5)30-22-45)46-23-31-50(75-6)32-24-46)54(79-55)38-77-82(71,83)81-52-34-56(66-36-40(2)58(68)64-60(66)70)78-53(52)37-76-61(41-13-9-7-10-14-41,43-17-25-47(72-3)26-18-43)44-19-27-48(73-4)28-20-44/h7-32,35-36,51-56H,33-34,37-38H2,1-6H3,(H,71,83)(H,63,67,69)(H,64,68,70)/t51-,52-,53+,54+,55+,56+,82?/m0/s1. The van der Waals surface area contributed by atoms with E-state index in [0.717, 1.165) is 22.3 Å². The average Bonchev–Trinajstić information content (AvgIpc) is 3.66. The van der Waals surface area contributed by atoms with E-state index in [2.05, 4.69) is 9.97 Å². The van der Waals surface area contributed by atoms with Gasteiger partial charge in [-0.3, -0.25) is 28.7 Å². The number of H-pyrrole nitrogens is 2. The van der Waals surface area contributed by atoms with Gasteiger partial charge in [0.1, 0.15) is 58.9 Å². The summed E-state index contributed by atoms with van der Waals surface area (Å²) < 4.78 is 65.9. The summed E-state index contributed by atoms with van der Waals surface area (Å²) in [5.74, 6) is 2.47. The van der Waals surface area contributed by atoms with Crippen LogP contribution in [0.1, 0.15) is 69.8 Å². The van der Waals surface area contributed by atoms with Crippen LogP contribution in [-0.4, -0.2) is 90.1 Å². The number of hydrogen-bond acceptors (Lipinski definition) is 15. The maximum Gasteiger partial charge on any atom is 0.330 e. The Morgan fingerprint density at radius 3 is 1.27 bits per heavy atom. The number of aryl methyl sites for hydroxylation is 2. The van der Waals surface area contributed by atoms with Crippen LogP contribution in [0.25, 0.3) is 0 Å². The Hall–Kier alpha value is -7.75. The third kappa shape index (κ3) is 12.2. The Morgan fingerprint density at radius 2 is 0.867 bits per heavy atom. The summed E-state index contributed by atoms with van der Waals surface area (Å²) in [6.07, 6.45) is -3.39. The van der Waals surface area contributed by atoms with E-state index in [-0.39, 0.29) is 30.6 Å². The monoisotopic (exact) mass is 1170 g/mol. The molecule has 0 amide bonds. The Balaban J connectivity index is 1.01. The number of aromatic amines is 2. The van der Waals surface area contributed by atoms with Crippen molar-refractivity contribution in [3.8, 4) is 23.0 Å². The van der Waals surface area contributed by atoms with Crippen LogP contribution in [0.2, 0.25) is 0 Å². The summed E-state index contributed by atoms with van der Waals surface area (Å²) in [7, 11) is 6.33. The van der Waals surface area contributed by atoms with E-state index in [1.807, 2.05) is 158 Å². The van der Waals surface area contributed by atoms with Crippen LogP contribution in [0.15, 0.2) is 189 Å². The molecule has 0 radical (unpaired) electrons. The van der Waals surface area contributed by atoms with Gasteiger partial charge in [-0.2, -0.15) is 0 Å². The lowest BCUT2D eigenvalue weighted by Gasteiger charge is -2.39. The van der Waals surface area contributed by atoms with Crippen LogP contribution in [0, 0.1) is 13.8 Å². The largest absolute Gasteiger partial charge is 0.497 e. The molecule has 1 unspecified atom stereocenters. The summed E-state index contributed by atoms with van der Waals surface area (Å²) in [4.78, 5) is 69.5. The van der Waals surface area contributed by atoms with Crippen molar-refractivity contribution < 1.29 is 51.8 Å². The number of rotatable bonds is 22. The van der Waals surface area contributed by atoms with E-state index in [1.54, 1.807) is 42.3 Å². The van der Waals surface area contributed by atoms with Gasteiger partial charge in [-0.05, 0) is 108 Å². The third-order valence-corrected chi connectivity index (χ3v) is 16.7. The van der Waals surface area contributed by atoms with Gasteiger partial charge in [0.05, 0.1) is 53.9 Å². The Morgan fingerprint density at radius 1 is 0.518 bits per heavy atom. The third-order valence-electron chi connectivity index (χ3n) is 15.1. The van der Waals surface area contributed by atoms with E-state index in [9.17, 15) is 24.1 Å². The smallest absolute Gasteiger partial charge is 0.330 e. The highest BCUT2D eigenvalue weighted by atomic mass is 32.5. The van der Waals surface area contributed by atoms with Crippen molar-refractivity contribution in [3.63, 3.8) is 0 Å². The fraction of sp³-hybridized carbons (Fsp3) is 0.290. The van der Waals surface area contributed by atoms with Crippen LogP contribution in [0.5, 0.6) is 23.0 Å². The topological polar surface area (TPSA) is 222 Å². The molecule has 2 aromatic heterocycles. The minimum atomic E-state index is -4.38. The predicted molar refractivity (Wildman–Crippen MR) is 312 cm³/mol. The molecule has 0 saturated carbocycles. The van der Waals surface area contributed by atoms with Crippen molar-refractivity contribution in [1.82, 2.24) is 19.1 Å². The summed E-state index contributed by atoms with van der Waals surface area (Å²) in [6.45, 7) is -1.87. The molecule has 0 aliphatic carbocycles. The molecule has 432 valence electrons. The zero-order valence-electron chi connectivity index (χ0n) is 46.4. The number of nitrogens with zero attached hydrogens (tertiary/aromatic N) is 2. The van der Waals surface area contributed by atoms with Crippen molar-refractivity contribution in [2.45, 2.75) is 74.8 Å². The first kappa shape index (κ1) is 58.4. The fourth-order valence-corrected chi connectivity index (χ4v) is 12.3. The predicted octanol–water partition coefficient (Wildman–Crippen LogP) is 8.32. The first-order valence-corrected chi connectivity index (χ1v) is 29.3. The van der Waals surface area contributed by atoms with Crippen LogP contribution >= 0.6 is 6.72 Å². The van der Waals surface area contributed by atoms with Gasteiger partial charge >= 0.3 is 18.1 Å². The average molecular weight is 1170 g/mol. The highest BCUT2D eigenvalue weighted by Crippen LogP contribution is 2.52. The molecule has 3 N–H and O–H groups in total. The second-order valence-electron chi connectivity index (χ2n) is 20.1. The molecule has 19 nitrogen and oxygen atoms in total. The molecule has 7 atom stereocenters. The molecule has 4 heterocycles. The van der Waals surface area contributed by atoms with Crippen LogP contribution < -0.4 is 41.4 Å². The van der Waals surface area contributed by atoms with Gasteiger partial charge in [-0.1, -0.05) is 109 Å². The Labute approximate surface area is 483 Å². The van der Waals surface area contributed by atoms with Crippen molar-refractivity contribution in [2.24, 2.45) is 0 Å². The molecule has 83 heavy (non-hydrogen) atoms. The zero-order valence-corrected chi connectivity index (χ0v) is 48.1. The van der Waals surface area contributed by atoms with E-state index in [1.165, 1.54) is 21.5 Å². The molecule has 0 spiro atoms. The lowest BCUT2D eigenvalue weighted by Crippen LogP contribution is -2.41. The van der Waals surface area contributed by atoms with Gasteiger partial charge in [-0.15, -0.1) is 0 Å². The molecule has 6 aromatic carbocycles. The van der Waals surface area contributed by atoms with Crippen LogP contribution in [0.4, 0.5) is 0 Å². The number of methoxy groups -OCH3 is 4. The number of nitrogens with one attached hydrogen (secondary N) is 2. The van der Waals surface area contributed by atoms with Crippen molar-refractivity contribution in [2.75, 3.05) is 41.7 Å². The molecular formula is C62H63N4O15PS. The van der Waals surface area contributed by atoms with E-state index in [4.69, 9.17) is 58.7 Å². The first-order chi connectivity index (χ1) is 40.1. The van der Waals surface area contributed by atoms with Crippen molar-refractivity contribution in [3.05, 3.63) is 256 Å². The van der Waals surface area contributed by atoms with Gasteiger partial charge in [0.2, 0.25) is 0 Å². The minimum Gasteiger partial charge on any atom is -0.497 e. The van der Waals surface area contributed by atoms with Crippen molar-refractivity contribution in [1.29, 1.82) is 0 Å². The highest BCUT2D eigenvalue weighted by Gasteiger charge is 2.49. The van der Waals surface area contributed by atoms with Crippen LogP contribution in [0.3, 0.4) is 0 Å². The Bertz CT molecular complexity index is 3710. The SMILES string of the molecule is COc1ccc(C(OC[C@H]2O[C@@H](n3cc(C)c(=O)[nH]c3=O)C[C@@H]2OP(O)(=S)OC[C@H]2O[C@@H](n3cc(C)c(=O)[nH]c3=O)C[C@@H]2OC(c2ccccc2)(c2ccc(OC)cc2)c2ccc(OC)cc2)(c2ccccc2)c2ccc(OC)cc2)cc1. The molecule has 2 aliphatic rings. The number of aromatic nitrogens is 4. The van der Waals surface area contributed by atoms with E-state index in [0.29, 0.717) is 34.1 Å². The molecular weight excluding hydrogens is 1100 g/mol. The maximum atomic E-state index is 13.6. The summed E-state index contributed by atoms with van der Waals surface area (Å²) in [5, 5.41) is 0. The van der Waals surface area contributed by atoms with E-state index < -0.39 is 83.9 Å². The quantitative estimate of drug-likeness (QED) is 0.0429. The normalized spacial score (nSPS) is 19.7. The second-order valence-corrected chi connectivity index (χ2v) is 22.9. The molecule has 8 aromatic rings. The summed E-state index contributed by atoms with van der Waals surface area (Å²) in [5.41, 5.74) is -0.358. The maximum absolute atomic E-state index is 13.6. The van der Waals surface area contributed by atoms with Gasteiger partial charge in [0, 0.05) is 36.4 Å². The van der Waals surface area contributed by atoms with Gasteiger partial charge in [0.15, 0.2) is 0 Å². The van der Waals surface area contributed by atoms with Gasteiger partial charge < -0.3 is 51.8 Å². The number of ether oxygens (including phenoxy) is 8. The van der Waals surface area contributed by atoms with E-state index >= 15 is 0 Å². The Kier molecular flexibility index (Phi) is 17.6. The molecule has 2 fully saturated rings. The summed E-state index contributed by atoms with van der Waals surface area (Å²) in [6, 6.07) is 49.2. The van der Waals surface area contributed by atoms with Gasteiger partial charge in [-0.25, -0.2) is 9.59 Å². The van der Waals surface area contributed by atoms with Crippen molar-refractivity contribution >= 4 is 18.5 Å². The molecule has 2 saturated heterocycles. The highest BCUT2D eigenvalue weighted by molar-refractivity contribution is 8.07. The fourth-order valence-electron chi connectivity index (χ4n) is 10.8.